The third-order valence-corrected chi connectivity index (χ3v) is 3.67. The molecule has 0 aromatic heterocycles. The number of hydrogen-bond acceptors (Lipinski definition) is 2. The average Bonchev–Trinajstić information content (AvgIpc) is 3.01. The Morgan fingerprint density at radius 3 is 2.40 bits per heavy atom. The van der Waals surface area contributed by atoms with Crippen molar-refractivity contribution in [2.24, 2.45) is 0 Å². The summed E-state index contributed by atoms with van der Waals surface area (Å²) in [6, 6.07) is 0. The van der Waals surface area contributed by atoms with Gasteiger partial charge in [0.2, 0.25) is 0 Å². The van der Waals surface area contributed by atoms with Crippen LogP contribution in [0.2, 0.25) is 0 Å². The molecule has 0 aromatic rings. The molecule has 0 unspecified atom stereocenters. The van der Waals surface area contributed by atoms with Gasteiger partial charge in [-0.05, 0) is 38.2 Å². The van der Waals surface area contributed by atoms with Crippen LogP contribution in [0.5, 0.6) is 0 Å². The van der Waals surface area contributed by atoms with Gasteiger partial charge in [0.25, 0.3) is 0 Å². The summed E-state index contributed by atoms with van der Waals surface area (Å²) in [6.45, 7) is 5.91. The van der Waals surface area contributed by atoms with Crippen molar-refractivity contribution in [3.63, 3.8) is 0 Å². The molecule has 1 aliphatic heterocycles. The average molecular weight is 341 g/mol. The van der Waals surface area contributed by atoms with Gasteiger partial charge in [-0.1, -0.05) is 80.3 Å². The molecule has 1 aliphatic rings. The molecule has 1 rings (SSSR count). The van der Waals surface area contributed by atoms with E-state index in [0.29, 0.717) is 6.42 Å². The molecule has 0 aromatic carbocycles. The van der Waals surface area contributed by atoms with Crippen molar-refractivity contribution in [2.75, 3.05) is 0 Å². The van der Waals surface area contributed by atoms with E-state index in [1.807, 2.05) is 30.4 Å². The maximum atomic E-state index is 9.69. The molecular formula is C23H32O2. The van der Waals surface area contributed by atoms with Crippen LogP contribution in [-0.2, 0) is 4.74 Å². The lowest BCUT2D eigenvalue weighted by Gasteiger charge is -2.02. The lowest BCUT2D eigenvalue weighted by molar-refractivity contribution is 0.203. The van der Waals surface area contributed by atoms with Crippen LogP contribution in [0.25, 0.3) is 0 Å². The van der Waals surface area contributed by atoms with Crippen LogP contribution in [0, 0.1) is 0 Å². The van der Waals surface area contributed by atoms with Crippen LogP contribution in [0.3, 0.4) is 0 Å². The number of allylic oxidation sites excluding steroid dienone is 10. The monoisotopic (exact) mass is 340 g/mol. The molecule has 0 bridgehead atoms. The van der Waals surface area contributed by atoms with E-state index in [2.05, 4.69) is 56.0 Å². The highest BCUT2D eigenvalue weighted by atomic mass is 16.5. The van der Waals surface area contributed by atoms with Crippen molar-refractivity contribution < 1.29 is 9.84 Å². The molecule has 0 aliphatic carbocycles. The van der Waals surface area contributed by atoms with E-state index in [9.17, 15) is 5.11 Å². The van der Waals surface area contributed by atoms with Gasteiger partial charge >= 0.3 is 0 Å². The zero-order chi connectivity index (χ0) is 18.2. The van der Waals surface area contributed by atoms with Crippen molar-refractivity contribution >= 4 is 0 Å². The molecule has 25 heavy (non-hydrogen) atoms. The number of rotatable bonds is 11. The number of aliphatic hydroxyl groups excluding tert-OH is 1. The first-order valence-electron chi connectivity index (χ1n) is 9.21. The van der Waals surface area contributed by atoms with E-state index in [-0.39, 0.29) is 6.10 Å². The molecule has 0 saturated carbocycles. The molecule has 136 valence electrons. The van der Waals surface area contributed by atoms with Crippen molar-refractivity contribution in [3.05, 3.63) is 85.3 Å². The molecule has 0 amide bonds. The van der Waals surface area contributed by atoms with Crippen LogP contribution in [0.1, 0.15) is 45.4 Å². The zero-order valence-corrected chi connectivity index (χ0v) is 15.4. The SMILES string of the molecule is C=C1CC[C@@H](/C=C/C=C\C/C=C\C/C=C\C=C\[C@@H](O)C/C=C\CC)O1. The highest BCUT2D eigenvalue weighted by molar-refractivity contribution is 5.10. The second-order valence-electron chi connectivity index (χ2n) is 5.99. The van der Waals surface area contributed by atoms with Gasteiger partial charge < -0.3 is 9.84 Å². The van der Waals surface area contributed by atoms with Gasteiger partial charge in [-0.2, -0.15) is 0 Å². The lowest BCUT2D eigenvalue weighted by atomic mass is 10.2. The Morgan fingerprint density at radius 2 is 1.76 bits per heavy atom. The minimum atomic E-state index is -0.395. The van der Waals surface area contributed by atoms with Crippen LogP contribution < -0.4 is 0 Å². The molecule has 1 fully saturated rings. The summed E-state index contributed by atoms with van der Waals surface area (Å²) in [7, 11) is 0. The summed E-state index contributed by atoms with van der Waals surface area (Å²) in [5.41, 5.74) is 0. The van der Waals surface area contributed by atoms with Crippen LogP contribution in [0.15, 0.2) is 85.3 Å². The van der Waals surface area contributed by atoms with Crippen molar-refractivity contribution in [1.82, 2.24) is 0 Å². The van der Waals surface area contributed by atoms with Crippen LogP contribution in [0.4, 0.5) is 0 Å². The molecule has 2 atom stereocenters. The largest absolute Gasteiger partial charge is 0.491 e. The first kappa shape index (κ1) is 21.0. The topological polar surface area (TPSA) is 29.5 Å². The van der Waals surface area contributed by atoms with Crippen molar-refractivity contribution in [3.8, 4) is 0 Å². The highest BCUT2D eigenvalue weighted by Crippen LogP contribution is 2.21. The normalized spacial score (nSPS) is 20.4. The fraction of sp³-hybridized carbons (Fsp3) is 0.391. The third-order valence-electron chi connectivity index (χ3n) is 3.67. The molecule has 2 heteroatoms. The van der Waals surface area contributed by atoms with Gasteiger partial charge in [0.05, 0.1) is 11.9 Å². The highest BCUT2D eigenvalue weighted by Gasteiger charge is 2.14. The predicted molar refractivity (Wildman–Crippen MR) is 108 cm³/mol. The van der Waals surface area contributed by atoms with E-state index in [1.165, 1.54) is 0 Å². The summed E-state index contributed by atoms with van der Waals surface area (Å²) in [4.78, 5) is 0. The second-order valence-corrected chi connectivity index (χ2v) is 5.99. The number of ether oxygens (including phenoxy) is 1. The first-order chi connectivity index (χ1) is 12.2. The lowest BCUT2D eigenvalue weighted by Crippen LogP contribution is -1.98. The Kier molecular flexibility index (Phi) is 12.0. The Labute approximate surface area is 153 Å². The summed E-state index contributed by atoms with van der Waals surface area (Å²) < 4.78 is 5.53. The smallest absolute Gasteiger partial charge is 0.117 e. The second kappa shape index (κ2) is 14.3. The minimum Gasteiger partial charge on any atom is -0.491 e. The molecule has 1 saturated heterocycles. The molecule has 0 spiro atoms. The van der Waals surface area contributed by atoms with E-state index in [1.54, 1.807) is 0 Å². The summed E-state index contributed by atoms with van der Waals surface area (Å²) >= 11 is 0. The Balaban J connectivity index is 2.07. The van der Waals surface area contributed by atoms with Crippen molar-refractivity contribution in [1.29, 1.82) is 0 Å². The fourth-order valence-corrected chi connectivity index (χ4v) is 2.30. The minimum absolute atomic E-state index is 0.201. The molecular weight excluding hydrogens is 308 g/mol. The molecule has 0 radical (unpaired) electrons. The quantitative estimate of drug-likeness (QED) is 0.371. The van der Waals surface area contributed by atoms with Gasteiger partial charge in [-0.3, -0.25) is 0 Å². The van der Waals surface area contributed by atoms with Gasteiger partial charge in [0.15, 0.2) is 0 Å². The standard InChI is InChI=1S/C23H32O2/c1-3-4-13-16-22(24)17-14-11-9-7-5-6-8-10-12-15-18-23-20-19-21(2)25-23/h4-6,9-15,17-18,22-24H,2-3,7-8,16,19-20H2,1H3/b6-5-,11-9-,12-10-,13-4-,17-14+,18-15+/t22-,23+/m0/s1. The molecule has 1 heterocycles. The maximum Gasteiger partial charge on any atom is 0.117 e. The number of aliphatic hydroxyl groups is 1. The summed E-state index contributed by atoms with van der Waals surface area (Å²) in [5.74, 6) is 0.896. The van der Waals surface area contributed by atoms with Gasteiger partial charge in [0.1, 0.15) is 6.10 Å². The van der Waals surface area contributed by atoms with E-state index in [4.69, 9.17) is 4.74 Å². The fourth-order valence-electron chi connectivity index (χ4n) is 2.30. The zero-order valence-electron chi connectivity index (χ0n) is 15.4. The Hall–Kier alpha value is -2.06. The predicted octanol–water partition coefficient (Wildman–Crippen LogP) is 5.96. The molecule has 1 N–H and O–H groups in total. The number of hydrogen-bond donors (Lipinski definition) is 1. The summed E-state index contributed by atoms with van der Waals surface area (Å²) in [5, 5.41) is 9.69. The third kappa shape index (κ3) is 12.0. The van der Waals surface area contributed by atoms with Crippen LogP contribution in [-0.4, -0.2) is 17.3 Å². The Morgan fingerprint density at radius 1 is 1.04 bits per heavy atom. The van der Waals surface area contributed by atoms with Gasteiger partial charge in [-0.15, -0.1) is 0 Å². The van der Waals surface area contributed by atoms with E-state index >= 15 is 0 Å². The maximum absolute atomic E-state index is 9.69. The van der Waals surface area contributed by atoms with Crippen molar-refractivity contribution in [2.45, 2.75) is 57.7 Å². The Bertz CT molecular complexity index is 532. The van der Waals surface area contributed by atoms with Gasteiger partial charge in [-0.25, -0.2) is 0 Å². The summed E-state index contributed by atoms with van der Waals surface area (Å²) in [6.07, 6.45) is 29.8. The van der Waals surface area contributed by atoms with E-state index < -0.39 is 6.10 Å². The van der Waals surface area contributed by atoms with Crippen LogP contribution >= 0.6 is 0 Å². The van der Waals surface area contributed by atoms with Gasteiger partial charge in [0, 0.05) is 6.42 Å². The van der Waals surface area contributed by atoms with E-state index in [0.717, 1.165) is 37.9 Å². The molecule has 2 nitrogen and oxygen atoms in total. The first-order valence-corrected chi connectivity index (χ1v) is 9.21.